The summed E-state index contributed by atoms with van der Waals surface area (Å²) in [6, 6.07) is 7.55. The van der Waals surface area contributed by atoms with Crippen LogP contribution < -0.4 is 4.74 Å². The number of hydrogen-bond acceptors (Lipinski definition) is 4. The Morgan fingerprint density at radius 3 is 2.44 bits per heavy atom. The molecule has 6 nitrogen and oxygen atoms in total. The predicted molar refractivity (Wildman–Crippen MR) is 133 cm³/mol. The third-order valence-corrected chi connectivity index (χ3v) is 8.20. The molecule has 0 N–H and O–H groups in total. The van der Waals surface area contributed by atoms with Crippen molar-refractivity contribution in [2.75, 3.05) is 46.5 Å². The second-order valence-corrected chi connectivity index (χ2v) is 10.5. The molecule has 3 heterocycles. The first-order valence-electron chi connectivity index (χ1n) is 13.4. The van der Waals surface area contributed by atoms with Crippen LogP contribution in [0.25, 0.3) is 0 Å². The molecule has 4 aliphatic rings. The lowest BCUT2D eigenvalue weighted by Gasteiger charge is -2.41. The van der Waals surface area contributed by atoms with Crippen molar-refractivity contribution < 1.29 is 19.1 Å². The van der Waals surface area contributed by atoms with Crippen LogP contribution in [0, 0.1) is 11.3 Å². The van der Waals surface area contributed by atoms with Crippen LogP contribution in [0.2, 0.25) is 0 Å². The van der Waals surface area contributed by atoms with E-state index in [1.54, 1.807) is 7.11 Å². The molecule has 1 aromatic rings. The molecule has 2 fully saturated rings. The largest absolute Gasteiger partial charge is 0.491 e. The highest BCUT2D eigenvalue weighted by Crippen LogP contribution is 2.38. The number of carbonyl (C=O) groups is 2. The number of para-hydroxylation sites is 1. The summed E-state index contributed by atoms with van der Waals surface area (Å²) < 4.78 is 11.8. The molecule has 34 heavy (non-hydrogen) atoms. The predicted octanol–water partition coefficient (Wildman–Crippen LogP) is 4.92. The van der Waals surface area contributed by atoms with E-state index in [-0.39, 0.29) is 17.2 Å². The molecule has 188 valence electrons. The van der Waals surface area contributed by atoms with Crippen LogP contribution in [-0.4, -0.2) is 68.1 Å². The van der Waals surface area contributed by atoms with Gasteiger partial charge in [-0.25, -0.2) is 0 Å². The van der Waals surface area contributed by atoms with Gasteiger partial charge in [-0.3, -0.25) is 9.59 Å². The lowest BCUT2D eigenvalue weighted by atomic mass is 9.75. The number of ether oxygens (including phenoxy) is 2. The molecule has 0 spiro atoms. The summed E-state index contributed by atoms with van der Waals surface area (Å²) in [6.07, 6.45) is 11.9. The average molecular weight is 471 g/mol. The van der Waals surface area contributed by atoms with Gasteiger partial charge in [0.25, 0.3) is 5.91 Å². The average Bonchev–Trinajstić information content (AvgIpc) is 3.15. The Bertz CT molecular complexity index is 810. The molecule has 1 saturated heterocycles. The van der Waals surface area contributed by atoms with Gasteiger partial charge in [0.15, 0.2) is 0 Å². The monoisotopic (exact) mass is 470 g/mol. The lowest BCUT2D eigenvalue weighted by molar-refractivity contribution is -0.136. The van der Waals surface area contributed by atoms with Gasteiger partial charge in [-0.1, -0.05) is 44.2 Å². The molecule has 1 aliphatic carbocycles. The van der Waals surface area contributed by atoms with Crippen molar-refractivity contribution in [3.8, 4) is 5.75 Å². The lowest BCUT2D eigenvalue weighted by Crippen LogP contribution is -2.45. The quantitative estimate of drug-likeness (QED) is 0.589. The number of amides is 2. The van der Waals surface area contributed by atoms with Gasteiger partial charge in [0.1, 0.15) is 12.4 Å². The number of hydrogen-bond donors (Lipinski definition) is 0. The molecule has 3 aliphatic heterocycles. The fourth-order valence-corrected chi connectivity index (χ4v) is 6.08. The number of fused-ring (bicyclic) bond motifs is 9. The molecule has 1 aromatic carbocycles. The number of benzene rings is 1. The minimum Gasteiger partial charge on any atom is -0.491 e. The normalized spacial score (nSPS) is 22.8. The van der Waals surface area contributed by atoms with Crippen LogP contribution in [0.1, 0.15) is 81.0 Å². The standard InChI is InChI=1S/C28H42N2O4/c1-33-22-28-14-8-9-17-29(26(31)23-10-4-2-3-5-11-23)20-21-34-25-13-7-6-12-24(25)27(32)30(18-15-28)19-16-28/h6-7,12-13,23H,2-5,8-11,14-22H2,1H3. The summed E-state index contributed by atoms with van der Waals surface area (Å²) >= 11 is 0. The van der Waals surface area contributed by atoms with Gasteiger partial charge in [0, 0.05) is 32.7 Å². The third kappa shape index (κ3) is 6.12. The Labute approximate surface area is 205 Å². The Morgan fingerprint density at radius 1 is 0.971 bits per heavy atom. The Hall–Kier alpha value is -2.08. The van der Waals surface area contributed by atoms with Crippen LogP contribution in [0.4, 0.5) is 0 Å². The third-order valence-electron chi connectivity index (χ3n) is 8.20. The van der Waals surface area contributed by atoms with Crippen LogP contribution >= 0.6 is 0 Å². The summed E-state index contributed by atoms with van der Waals surface area (Å²) in [6.45, 7) is 4.01. The summed E-state index contributed by atoms with van der Waals surface area (Å²) in [5.74, 6) is 1.13. The highest BCUT2D eigenvalue weighted by atomic mass is 16.5. The molecular weight excluding hydrogens is 428 g/mol. The van der Waals surface area contributed by atoms with E-state index in [1.165, 1.54) is 12.8 Å². The van der Waals surface area contributed by atoms with Gasteiger partial charge in [-0.15, -0.1) is 0 Å². The van der Waals surface area contributed by atoms with Gasteiger partial charge in [0.2, 0.25) is 5.91 Å². The summed E-state index contributed by atoms with van der Waals surface area (Å²) in [5, 5.41) is 0. The molecule has 5 rings (SSSR count). The van der Waals surface area contributed by atoms with Gasteiger partial charge in [-0.05, 0) is 56.1 Å². The maximum absolute atomic E-state index is 13.5. The number of methoxy groups -OCH3 is 1. The van der Waals surface area contributed by atoms with E-state index in [9.17, 15) is 9.59 Å². The maximum Gasteiger partial charge on any atom is 0.257 e. The maximum atomic E-state index is 13.5. The van der Waals surface area contributed by atoms with Gasteiger partial charge in [-0.2, -0.15) is 0 Å². The minimum absolute atomic E-state index is 0.0443. The van der Waals surface area contributed by atoms with Gasteiger partial charge in [0.05, 0.1) is 18.7 Å². The molecule has 0 radical (unpaired) electrons. The molecule has 2 amide bonds. The first kappa shape index (κ1) is 25.0. The zero-order valence-electron chi connectivity index (χ0n) is 20.9. The van der Waals surface area contributed by atoms with Crippen LogP contribution in [-0.2, 0) is 9.53 Å². The van der Waals surface area contributed by atoms with Gasteiger partial charge >= 0.3 is 0 Å². The van der Waals surface area contributed by atoms with E-state index in [0.717, 1.165) is 84.0 Å². The zero-order chi connectivity index (χ0) is 23.8. The van der Waals surface area contributed by atoms with E-state index in [0.29, 0.717) is 30.4 Å². The highest BCUT2D eigenvalue weighted by Gasteiger charge is 2.36. The summed E-state index contributed by atoms with van der Waals surface area (Å²) in [5.41, 5.74) is 0.746. The molecule has 6 heteroatoms. The van der Waals surface area contributed by atoms with E-state index in [2.05, 4.69) is 0 Å². The molecule has 0 aromatic heterocycles. The number of carbonyl (C=O) groups excluding carboxylic acids is 2. The second kappa shape index (κ2) is 12.1. The van der Waals surface area contributed by atoms with Crippen LogP contribution in [0.3, 0.4) is 0 Å². The van der Waals surface area contributed by atoms with Crippen molar-refractivity contribution in [1.82, 2.24) is 9.80 Å². The van der Waals surface area contributed by atoms with E-state index in [1.807, 2.05) is 34.1 Å². The highest BCUT2D eigenvalue weighted by molar-refractivity contribution is 5.97. The zero-order valence-corrected chi connectivity index (χ0v) is 20.9. The van der Waals surface area contributed by atoms with Crippen molar-refractivity contribution in [1.29, 1.82) is 0 Å². The Morgan fingerprint density at radius 2 is 1.71 bits per heavy atom. The van der Waals surface area contributed by atoms with Crippen molar-refractivity contribution in [3.05, 3.63) is 29.8 Å². The number of piperidine rings is 1. The van der Waals surface area contributed by atoms with Crippen molar-refractivity contribution in [2.45, 2.75) is 70.6 Å². The van der Waals surface area contributed by atoms with Crippen LogP contribution in [0.5, 0.6) is 5.75 Å². The SMILES string of the molecule is COCC12CCCCN(C(=O)C3CCCCCC3)CCOc3ccccc3C(=O)N(CC1)CC2. The summed E-state index contributed by atoms with van der Waals surface area (Å²) in [7, 11) is 1.78. The van der Waals surface area contributed by atoms with Gasteiger partial charge < -0.3 is 19.3 Å². The molecule has 0 unspecified atom stereocenters. The van der Waals surface area contributed by atoms with Crippen LogP contribution in [0.15, 0.2) is 24.3 Å². The first-order chi connectivity index (χ1) is 16.6. The molecule has 2 bridgehead atoms. The Kier molecular flexibility index (Phi) is 8.87. The first-order valence-corrected chi connectivity index (χ1v) is 13.4. The van der Waals surface area contributed by atoms with Crippen molar-refractivity contribution in [2.24, 2.45) is 11.3 Å². The Balaban J connectivity index is 1.53. The number of rotatable bonds is 3. The van der Waals surface area contributed by atoms with E-state index < -0.39 is 0 Å². The minimum atomic E-state index is 0.0443. The van der Waals surface area contributed by atoms with E-state index >= 15 is 0 Å². The van der Waals surface area contributed by atoms with Crippen molar-refractivity contribution >= 4 is 11.8 Å². The number of nitrogens with zero attached hydrogens (tertiary/aromatic N) is 2. The topological polar surface area (TPSA) is 59.1 Å². The summed E-state index contributed by atoms with van der Waals surface area (Å²) in [4.78, 5) is 30.9. The fourth-order valence-electron chi connectivity index (χ4n) is 6.08. The molecule has 1 saturated carbocycles. The smallest absolute Gasteiger partial charge is 0.257 e. The van der Waals surface area contributed by atoms with Crippen molar-refractivity contribution in [3.63, 3.8) is 0 Å². The van der Waals surface area contributed by atoms with E-state index in [4.69, 9.17) is 9.47 Å². The fraction of sp³-hybridized carbons (Fsp3) is 0.714. The molecule has 0 atom stereocenters. The second-order valence-electron chi connectivity index (χ2n) is 10.5. The molecular formula is C28H42N2O4.